The summed E-state index contributed by atoms with van der Waals surface area (Å²) >= 11 is 0. The second-order valence-corrected chi connectivity index (χ2v) is 8.26. The molecule has 0 aliphatic carbocycles. The predicted molar refractivity (Wildman–Crippen MR) is 134 cm³/mol. The van der Waals surface area contributed by atoms with Gasteiger partial charge in [0.1, 0.15) is 5.76 Å². The highest BCUT2D eigenvalue weighted by molar-refractivity contribution is 14.0. The molecule has 6 nitrogen and oxygen atoms in total. The van der Waals surface area contributed by atoms with Crippen molar-refractivity contribution in [3.63, 3.8) is 0 Å². The highest BCUT2D eigenvalue weighted by Gasteiger charge is 2.26. The number of likely N-dealkylation sites (tertiary alicyclic amines) is 1. The summed E-state index contributed by atoms with van der Waals surface area (Å²) in [5.41, 5.74) is 3.55. The van der Waals surface area contributed by atoms with Crippen molar-refractivity contribution in [2.45, 2.75) is 65.1 Å². The number of nitrogens with one attached hydrogen (secondary N) is 2. The lowest BCUT2D eigenvalue weighted by Crippen LogP contribution is -2.51. The summed E-state index contributed by atoms with van der Waals surface area (Å²) in [5.74, 6) is 2.09. The number of hydrogen-bond acceptors (Lipinski definition) is 4. The molecule has 2 N–H and O–H groups in total. The van der Waals surface area contributed by atoms with Crippen molar-refractivity contribution in [2.75, 3.05) is 20.1 Å². The zero-order valence-corrected chi connectivity index (χ0v) is 21.1. The van der Waals surface area contributed by atoms with Gasteiger partial charge in [-0.05, 0) is 39.2 Å². The lowest BCUT2D eigenvalue weighted by atomic mass is 9.97. The molecule has 0 bridgehead atoms. The van der Waals surface area contributed by atoms with E-state index in [1.807, 2.05) is 20.9 Å². The first kappa shape index (κ1) is 24.7. The normalized spacial score (nSPS) is 21.0. The molecular formula is C23H36IN5O. The third-order valence-electron chi connectivity index (χ3n) is 5.96. The fourth-order valence-corrected chi connectivity index (χ4v) is 4.34. The average molecular weight is 525 g/mol. The minimum atomic E-state index is 0. The van der Waals surface area contributed by atoms with E-state index in [1.165, 1.54) is 11.1 Å². The molecule has 3 atom stereocenters. The number of aromatic nitrogens is 1. The summed E-state index contributed by atoms with van der Waals surface area (Å²) < 4.78 is 5.31. The molecule has 0 radical (unpaired) electrons. The molecule has 0 saturated carbocycles. The zero-order chi connectivity index (χ0) is 20.8. The summed E-state index contributed by atoms with van der Waals surface area (Å²) in [5, 5.41) is 11.2. The Labute approximate surface area is 197 Å². The maximum atomic E-state index is 5.31. The average Bonchev–Trinajstić information content (AvgIpc) is 3.06. The SMILES string of the molecule is CN=C(NCC(C)c1c(C)noc1C)NC1CCN(Cc2ccccc2)C(C)C1.I. The molecule has 1 aromatic carbocycles. The van der Waals surface area contributed by atoms with Gasteiger partial charge in [-0.25, -0.2) is 0 Å². The smallest absolute Gasteiger partial charge is 0.191 e. The fraction of sp³-hybridized carbons (Fsp3) is 0.565. The number of guanidine groups is 1. The van der Waals surface area contributed by atoms with Gasteiger partial charge in [0.2, 0.25) is 0 Å². The third kappa shape index (κ3) is 6.44. The summed E-state index contributed by atoms with van der Waals surface area (Å²) in [6, 6.07) is 11.7. The van der Waals surface area contributed by atoms with Crippen LogP contribution in [-0.2, 0) is 6.54 Å². The maximum absolute atomic E-state index is 5.31. The van der Waals surface area contributed by atoms with Crippen LogP contribution in [0.15, 0.2) is 39.8 Å². The molecule has 30 heavy (non-hydrogen) atoms. The van der Waals surface area contributed by atoms with Gasteiger partial charge >= 0.3 is 0 Å². The molecule has 166 valence electrons. The molecule has 3 rings (SSSR count). The number of hydrogen-bond donors (Lipinski definition) is 2. The van der Waals surface area contributed by atoms with E-state index in [4.69, 9.17) is 4.52 Å². The molecule has 3 unspecified atom stereocenters. The van der Waals surface area contributed by atoms with Crippen molar-refractivity contribution >= 4 is 29.9 Å². The second-order valence-electron chi connectivity index (χ2n) is 8.26. The van der Waals surface area contributed by atoms with Crippen molar-refractivity contribution < 1.29 is 4.52 Å². The Balaban J connectivity index is 0.00000320. The van der Waals surface area contributed by atoms with Crippen LogP contribution in [0.3, 0.4) is 0 Å². The lowest BCUT2D eigenvalue weighted by molar-refractivity contribution is 0.134. The van der Waals surface area contributed by atoms with Crippen molar-refractivity contribution in [3.8, 4) is 0 Å². The van der Waals surface area contributed by atoms with E-state index in [9.17, 15) is 0 Å². The zero-order valence-electron chi connectivity index (χ0n) is 18.8. The van der Waals surface area contributed by atoms with Crippen LogP contribution in [0.5, 0.6) is 0 Å². The summed E-state index contributed by atoms with van der Waals surface area (Å²) in [4.78, 5) is 7.01. The Morgan fingerprint density at radius 2 is 2.03 bits per heavy atom. The number of piperidine rings is 1. The molecule has 0 amide bonds. The topological polar surface area (TPSA) is 65.7 Å². The van der Waals surface area contributed by atoms with Crippen LogP contribution in [0, 0.1) is 13.8 Å². The van der Waals surface area contributed by atoms with E-state index < -0.39 is 0 Å². The Morgan fingerprint density at radius 3 is 2.63 bits per heavy atom. The van der Waals surface area contributed by atoms with Crippen LogP contribution in [0.4, 0.5) is 0 Å². The maximum Gasteiger partial charge on any atom is 0.191 e. The Kier molecular flexibility index (Phi) is 9.61. The van der Waals surface area contributed by atoms with Gasteiger partial charge in [-0.2, -0.15) is 0 Å². The van der Waals surface area contributed by atoms with Gasteiger partial charge in [-0.3, -0.25) is 9.89 Å². The first-order chi connectivity index (χ1) is 14.0. The molecule has 0 spiro atoms. The Hall–Kier alpha value is -1.61. The minimum Gasteiger partial charge on any atom is -0.361 e. The van der Waals surface area contributed by atoms with Crippen LogP contribution >= 0.6 is 24.0 Å². The van der Waals surface area contributed by atoms with Crippen LogP contribution in [0.2, 0.25) is 0 Å². The lowest BCUT2D eigenvalue weighted by Gasteiger charge is -2.38. The molecule has 2 heterocycles. The van der Waals surface area contributed by atoms with E-state index in [0.717, 1.165) is 49.9 Å². The number of aliphatic imine (C=N–C) groups is 1. The van der Waals surface area contributed by atoms with Crippen LogP contribution in [0.1, 0.15) is 55.2 Å². The van der Waals surface area contributed by atoms with Gasteiger partial charge < -0.3 is 15.2 Å². The minimum absolute atomic E-state index is 0. The van der Waals surface area contributed by atoms with Crippen molar-refractivity contribution in [1.82, 2.24) is 20.7 Å². The van der Waals surface area contributed by atoms with Gasteiger partial charge in [0.25, 0.3) is 0 Å². The number of halogens is 1. The molecule has 7 heteroatoms. The van der Waals surface area contributed by atoms with Gasteiger partial charge in [-0.15, -0.1) is 24.0 Å². The summed E-state index contributed by atoms with van der Waals surface area (Å²) in [6.45, 7) is 11.4. The van der Waals surface area contributed by atoms with E-state index in [1.54, 1.807) is 0 Å². The van der Waals surface area contributed by atoms with Crippen LogP contribution in [-0.4, -0.2) is 48.2 Å². The molecule has 1 aliphatic rings. The van der Waals surface area contributed by atoms with Crippen LogP contribution < -0.4 is 10.6 Å². The molecule has 1 aliphatic heterocycles. The molecule has 1 aromatic heterocycles. The molecule has 2 aromatic rings. The largest absolute Gasteiger partial charge is 0.361 e. The quantitative estimate of drug-likeness (QED) is 0.336. The second kappa shape index (κ2) is 11.7. The summed E-state index contributed by atoms with van der Waals surface area (Å²) in [7, 11) is 1.84. The van der Waals surface area contributed by atoms with Crippen molar-refractivity contribution in [2.24, 2.45) is 4.99 Å². The van der Waals surface area contributed by atoms with E-state index in [-0.39, 0.29) is 24.0 Å². The molecule has 1 saturated heterocycles. The van der Waals surface area contributed by atoms with Gasteiger partial charge in [0, 0.05) is 50.2 Å². The molecular weight excluding hydrogens is 489 g/mol. The number of aryl methyl sites for hydroxylation is 2. The monoisotopic (exact) mass is 525 g/mol. The highest BCUT2D eigenvalue weighted by Crippen LogP contribution is 2.22. The van der Waals surface area contributed by atoms with Gasteiger partial charge in [-0.1, -0.05) is 42.4 Å². The van der Waals surface area contributed by atoms with Crippen LogP contribution in [0.25, 0.3) is 0 Å². The van der Waals surface area contributed by atoms with E-state index in [0.29, 0.717) is 18.0 Å². The van der Waals surface area contributed by atoms with Gasteiger partial charge in [0.15, 0.2) is 5.96 Å². The van der Waals surface area contributed by atoms with Crippen molar-refractivity contribution in [1.29, 1.82) is 0 Å². The Bertz CT molecular complexity index is 788. The first-order valence-electron chi connectivity index (χ1n) is 10.7. The number of nitrogens with zero attached hydrogens (tertiary/aromatic N) is 3. The van der Waals surface area contributed by atoms with E-state index in [2.05, 4.69) is 69.9 Å². The third-order valence-corrected chi connectivity index (χ3v) is 5.96. The fourth-order valence-electron chi connectivity index (χ4n) is 4.34. The van der Waals surface area contributed by atoms with Crippen molar-refractivity contribution in [3.05, 3.63) is 52.9 Å². The predicted octanol–water partition coefficient (Wildman–Crippen LogP) is 4.23. The highest BCUT2D eigenvalue weighted by atomic mass is 127. The van der Waals surface area contributed by atoms with Gasteiger partial charge in [0.05, 0.1) is 5.69 Å². The molecule has 1 fully saturated rings. The standard InChI is InChI=1S/C23H35N5O.HI/c1-16(22-18(3)27-29-19(22)4)14-25-23(24-5)26-21-11-12-28(17(2)13-21)15-20-9-7-6-8-10-20;/h6-10,16-17,21H,11-15H2,1-5H3,(H2,24,25,26);1H. The van der Waals surface area contributed by atoms with E-state index >= 15 is 0 Å². The first-order valence-corrected chi connectivity index (χ1v) is 10.7. The summed E-state index contributed by atoms with van der Waals surface area (Å²) in [6.07, 6.45) is 2.24. The Morgan fingerprint density at radius 1 is 1.30 bits per heavy atom. The number of benzene rings is 1. The number of rotatable bonds is 6.